The molecule has 0 atom stereocenters. The van der Waals surface area contributed by atoms with E-state index in [9.17, 15) is 0 Å². The van der Waals surface area contributed by atoms with Gasteiger partial charge in [0.05, 0.1) is 13.7 Å². The van der Waals surface area contributed by atoms with E-state index in [1.54, 1.807) is 0 Å². The van der Waals surface area contributed by atoms with Crippen molar-refractivity contribution in [3.05, 3.63) is 138 Å². The minimum atomic E-state index is -1.31. The fourth-order valence-electron chi connectivity index (χ4n) is 8.84. The number of pyridine rings is 2. The number of hydrogen-bond donors (Lipinski definition) is 0. The average molecular weight is 917 g/mol. The van der Waals surface area contributed by atoms with Gasteiger partial charge in [-0.3, -0.25) is 0 Å². The second-order valence-electron chi connectivity index (χ2n) is 16.7. The zero-order valence-electron chi connectivity index (χ0n) is 32.8. The molecule has 55 heavy (non-hydrogen) atoms. The first-order valence-electron chi connectivity index (χ1n) is 20.2. The van der Waals surface area contributed by atoms with Crippen molar-refractivity contribution in [2.45, 2.75) is 96.7 Å². The molecule has 7 aromatic rings. The summed E-state index contributed by atoms with van der Waals surface area (Å²) in [4.78, 5) is 9.44. The number of benzene rings is 4. The van der Waals surface area contributed by atoms with Crippen LogP contribution >= 0.6 is 0 Å². The molecular formula is C50H52IrN2OSi-2. The van der Waals surface area contributed by atoms with Crippen LogP contribution in [0.15, 0.2) is 114 Å². The summed E-state index contributed by atoms with van der Waals surface area (Å²) in [6.07, 6.45) is 17.5. The van der Waals surface area contributed by atoms with E-state index in [0.29, 0.717) is 0 Å². The van der Waals surface area contributed by atoms with E-state index in [2.05, 4.69) is 130 Å². The van der Waals surface area contributed by atoms with Crippen LogP contribution in [0.2, 0.25) is 19.6 Å². The maximum atomic E-state index is 6.42. The fraction of sp³-hybridized carbons (Fsp3) is 0.320. The summed E-state index contributed by atoms with van der Waals surface area (Å²) in [6, 6.07) is 41.1. The maximum Gasteiger partial charge on any atom is 0.121 e. The molecule has 3 aromatic heterocycles. The van der Waals surface area contributed by atoms with Crippen molar-refractivity contribution >= 4 is 35.2 Å². The van der Waals surface area contributed by atoms with E-state index in [-0.39, 0.29) is 20.1 Å². The number of aryl methyl sites for hydroxylation is 1. The summed E-state index contributed by atoms with van der Waals surface area (Å²) < 4.78 is 6.42. The van der Waals surface area contributed by atoms with Gasteiger partial charge < -0.3 is 14.4 Å². The molecule has 3 heterocycles. The molecule has 2 fully saturated rings. The molecule has 0 amide bonds. The Kier molecular flexibility index (Phi) is 12.3. The van der Waals surface area contributed by atoms with Crippen molar-refractivity contribution in [3.63, 3.8) is 0 Å². The Morgan fingerprint density at radius 3 is 2.24 bits per heavy atom. The molecular weight excluding hydrogens is 865 g/mol. The van der Waals surface area contributed by atoms with Gasteiger partial charge in [-0.05, 0) is 77.9 Å². The Balaban J connectivity index is 0.000000178. The van der Waals surface area contributed by atoms with Gasteiger partial charge in [-0.2, -0.15) is 0 Å². The first-order valence-corrected chi connectivity index (χ1v) is 23.7. The molecule has 2 aliphatic rings. The number of nitrogens with zero attached hydrogens (tertiary/aromatic N) is 2. The second-order valence-corrected chi connectivity index (χ2v) is 21.7. The fourth-order valence-corrected chi connectivity index (χ4v) is 10.5. The van der Waals surface area contributed by atoms with Gasteiger partial charge in [0.1, 0.15) is 5.58 Å². The monoisotopic (exact) mass is 917 g/mol. The van der Waals surface area contributed by atoms with Crippen molar-refractivity contribution in [2.24, 2.45) is 5.92 Å². The number of fused-ring (bicyclic) bond motifs is 3. The number of rotatable bonds is 7. The number of furan rings is 1. The molecule has 0 N–H and O–H groups in total. The van der Waals surface area contributed by atoms with Gasteiger partial charge in [0.2, 0.25) is 0 Å². The van der Waals surface area contributed by atoms with E-state index in [0.717, 1.165) is 68.3 Å². The molecule has 0 unspecified atom stereocenters. The van der Waals surface area contributed by atoms with Gasteiger partial charge in [0, 0.05) is 37.9 Å². The maximum absolute atomic E-state index is 6.42. The summed E-state index contributed by atoms with van der Waals surface area (Å²) >= 11 is 0. The van der Waals surface area contributed by atoms with Crippen molar-refractivity contribution in [1.29, 1.82) is 0 Å². The first kappa shape index (κ1) is 39.1. The normalized spacial score (nSPS) is 15.1. The molecule has 0 saturated heterocycles. The molecule has 9 rings (SSSR count). The van der Waals surface area contributed by atoms with Gasteiger partial charge in [0.15, 0.2) is 0 Å². The van der Waals surface area contributed by atoms with Crippen LogP contribution in [-0.4, -0.2) is 18.0 Å². The third-order valence-corrected chi connectivity index (χ3v) is 13.9. The summed E-state index contributed by atoms with van der Waals surface area (Å²) in [6.45, 7) is 9.36. The summed E-state index contributed by atoms with van der Waals surface area (Å²) in [7, 11) is -1.31. The predicted octanol–water partition coefficient (Wildman–Crippen LogP) is 13.3. The van der Waals surface area contributed by atoms with Gasteiger partial charge in [0.25, 0.3) is 0 Å². The van der Waals surface area contributed by atoms with Crippen LogP contribution in [0.1, 0.15) is 80.4 Å². The van der Waals surface area contributed by atoms with Gasteiger partial charge >= 0.3 is 0 Å². The Bertz CT molecular complexity index is 2360. The third-order valence-electron chi connectivity index (χ3n) is 11.7. The van der Waals surface area contributed by atoms with Crippen molar-refractivity contribution in [3.8, 4) is 33.6 Å². The predicted molar refractivity (Wildman–Crippen MR) is 229 cm³/mol. The second kappa shape index (κ2) is 17.3. The van der Waals surface area contributed by atoms with Crippen LogP contribution in [0, 0.1) is 25.0 Å². The molecule has 4 aromatic carbocycles. The molecule has 1 radical (unpaired) electrons. The Hall–Kier alpha value is -4.15. The third kappa shape index (κ3) is 8.96. The average Bonchev–Trinajstić information content (AvgIpc) is 3.87. The van der Waals surface area contributed by atoms with Crippen LogP contribution in [0.5, 0.6) is 0 Å². The Labute approximate surface area is 342 Å². The summed E-state index contributed by atoms with van der Waals surface area (Å²) in [5.74, 6) is 1.55. The molecule has 5 heteroatoms. The Morgan fingerprint density at radius 2 is 1.47 bits per heavy atom. The minimum Gasteiger partial charge on any atom is -0.501 e. The molecule has 0 aliphatic heterocycles. The number of aromatic nitrogens is 2. The van der Waals surface area contributed by atoms with Crippen LogP contribution in [-0.2, 0) is 26.5 Å². The molecule has 2 aliphatic carbocycles. The van der Waals surface area contributed by atoms with Crippen molar-refractivity contribution < 1.29 is 24.5 Å². The minimum absolute atomic E-state index is 0. The molecule has 0 bridgehead atoms. The zero-order valence-corrected chi connectivity index (χ0v) is 36.1. The SMILES string of the molecule is Cc1cc(-c2[c-]ccc(C3CCCC3)c2)ncc1[Si](C)(C)C.[Ir].[c-]1ccc2c(oc3cc(-c4ccccc4)ccc32)c1-c1cc(CC2CCCCC2)ccn1. The number of hydrogen-bond acceptors (Lipinski definition) is 3. The van der Waals surface area contributed by atoms with Gasteiger partial charge in [-0.1, -0.05) is 141 Å². The van der Waals surface area contributed by atoms with E-state index in [1.165, 1.54) is 85.2 Å². The van der Waals surface area contributed by atoms with Crippen LogP contribution in [0.25, 0.3) is 55.6 Å². The smallest absolute Gasteiger partial charge is 0.121 e. The quantitative estimate of drug-likeness (QED) is 0.118. The molecule has 0 spiro atoms. The molecule has 2 saturated carbocycles. The summed E-state index contributed by atoms with van der Waals surface area (Å²) in [5, 5.41) is 3.71. The summed E-state index contributed by atoms with van der Waals surface area (Å²) in [5.41, 5.74) is 12.5. The van der Waals surface area contributed by atoms with Gasteiger partial charge in [-0.15, -0.1) is 53.6 Å². The topological polar surface area (TPSA) is 38.9 Å². The largest absolute Gasteiger partial charge is 0.501 e. The molecule has 283 valence electrons. The molecule has 3 nitrogen and oxygen atoms in total. The zero-order chi connectivity index (χ0) is 37.1. The van der Waals surface area contributed by atoms with E-state index in [4.69, 9.17) is 14.4 Å². The van der Waals surface area contributed by atoms with Crippen molar-refractivity contribution in [1.82, 2.24) is 9.97 Å². The van der Waals surface area contributed by atoms with E-state index >= 15 is 0 Å². The van der Waals surface area contributed by atoms with E-state index < -0.39 is 8.07 Å². The van der Waals surface area contributed by atoms with E-state index in [1.807, 2.05) is 18.3 Å². The van der Waals surface area contributed by atoms with Crippen LogP contribution in [0.4, 0.5) is 0 Å². The Morgan fingerprint density at radius 1 is 0.709 bits per heavy atom. The van der Waals surface area contributed by atoms with Crippen LogP contribution in [0.3, 0.4) is 0 Å². The first-order chi connectivity index (χ1) is 26.3. The van der Waals surface area contributed by atoms with Crippen molar-refractivity contribution in [2.75, 3.05) is 0 Å². The standard InChI is InChI=1S/C30H26NO.C20H26NSi.Ir/c1-3-8-21(9-4-1)18-22-16-17-31-28(19-22)27-13-7-12-26-25-15-14-24(20-29(25)32-30(26)27)23-10-5-2-6-11-23;1-15-12-19(21-14-20(15)22(2,3)4)18-11-7-10-17(13-18)16-8-5-6-9-16;/h2,5-7,10-12,14-17,19-21H,1,3-4,8-9,18H2;7,10,12-14,16H,5-6,8-9H2,1-4H3;/q2*-1;. The van der Waals surface area contributed by atoms with Crippen LogP contribution < -0.4 is 5.19 Å². The van der Waals surface area contributed by atoms with Gasteiger partial charge in [-0.25, -0.2) is 0 Å².